The molecule has 122 valence electrons. The van der Waals surface area contributed by atoms with Gasteiger partial charge in [0.15, 0.2) is 6.10 Å². The Balaban J connectivity index is 2.09. The second-order valence-corrected chi connectivity index (χ2v) is 5.21. The second-order valence-electron chi connectivity index (χ2n) is 4.77. The predicted molar refractivity (Wildman–Crippen MR) is 89.7 cm³/mol. The van der Waals surface area contributed by atoms with Crippen LogP contribution < -0.4 is 19.5 Å². The summed E-state index contributed by atoms with van der Waals surface area (Å²) in [4.78, 5) is 12.3. The first kappa shape index (κ1) is 17.0. The SMILES string of the molecule is COc1ccc(OC)c(NC(=O)[C@@H](C)Oc2cccc(Cl)c2)c1. The normalized spacial score (nSPS) is 11.5. The Morgan fingerprint density at radius 2 is 1.87 bits per heavy atom. The highest BCUT2D eigenvalue weighted by Crippen LogP contribution is 2.29. The number of hydrogen-bond donors (Lipinski definition) is 1. The molecule has 0 fully saturated rings. The average molecular weight is 336 g/mol. The van der Waals surface area contributed by atoms with Crippen molar-refractivity contribution in [1.82, 2.24) is 0 Å². The number of benzene rings is 2. The standard InChI is InChI=1S/C17H18ClNO4/c1-11(23-14-6-4-5-12(18)9-14)17(20)19-15-10-13(21-2)7-8-16(15)22-3/h4-11H,1-3H3,(H,19,20)/t11-/m1/s1. The van der Waals surface area contributed by atoms with Crippen molar-refractivity contribution < 1.29 is 19.0 Å². The highest BCUT2D eigenvalue weighted by atomic mass is 35.5. The number of ether oxygens (including phenoxy) is 3. The van der Waals surface area contributed by atoms with Crippen molar-refractivity contribution in [2.24, 2.45) is 0 Å². The van der Waals surface area contributed by atoms with Crippen LogP contribution in [0.1, 0.15) is 6.92 Å². The number of nitrogens with one attached hydrogen (secondary N) is 1. The second kappa shape index (κ2) is 7.74. The fraction of sp³-hybridized carbons (Fsp3) is 0.235. The number of hydrogen-bond acceptors (Lipinski definition) is 4. The summed E-state index contributed by atoms with van der Waals surface area (Å²) in [6.45, 7) is 1.66. The topological polar surface area (TPSA) is 56.8 Å². The molecule has 0 spiro atoms. The Morgan fingerprint density at radius 1 is 1.09 bits per heavy atom. The van der Waals surface area contributed by atoms with Gasteiger partial charge in [-0.25, -0.2) is 0 Å². The summed E-state index contributed by atoms with van der Waals surface area (Å²) in [6, 6.07) is 12.0. The van der Waals surface area contributed by atoms with Gasteiger partial charge in [0.1, 0.15) is 17.2 Å². The van der Waals surface area contributed by atoms with Crippen molar-refractivity contribution in [2.75, 3.05) is 19.5 Å². The molecule has 1 N–H and O–H groups in total. The van der Waals surface area contributed by atoms with Crippen LogP contribution in [0.25, 0.3) is 0 Å². The lowest BCUT2D eigenvalue weighted by Crippen LogP contribution is -2.30. The van der Waals surface area contributed by atoms with Crippen LogP contribution in [0.15, 0.2) is 42.5 Å². The van der Waals surface area contributed by atoms with E-state index in [9.17, 15) is 4.79 Å². The summed E-state index contributed by atoms with van der Waals surface area (Å²) in [5, 5.41) is 3.31. The van der Waals surface area contributed by atoms with E-state index in [-0.39, 0.29) is 5.91 Å². The molecule has 5 nitrogen and oxygen atoms in total. The lowest BCUT2D eigenvalue weighted by atomic mass is 10.2. The van der Waals surface area contributed by atoms with E-state index in [1.54, 1.807) is 56.5 Å². The van der Waals surface area contributed by atoms with Crippen LogP contribution in [0.2, 0.25) is 5.02 Å². The number of carbonyl (C=O) groups excluding carboxylic acids is 1. The summed E-state index contributed by atoms with van der Waals surface area (Å²) < 4.78 is 16.0. The van der Waals surface area contributed by atoms with Crippen LogP contribution in [-0.2, 0) is 4.79 Å². The summed E-state index contributed by atoms with van der Waals surface area (Å²) >= 11 is 5.90. The number of anilines is 1. The Kier molecular flexibility index (Phi) is 5.71. The number of methoxy groups -OCH3 is 2. The Hall–Kier alpha value is -2.40. The van der Waals surface area contributed by atoms with Crippen molar-refractivity contribution in [3.63, 3.8) is 0 Å². The molecule has 0 unspecified atom stereocenters. The number of halogens is 1. The molecule has 0 saturated carbocycles. The molecule has 0 aliphatic carbocycles. The molecule has 1 atom stereocenters. The van der Waals surface area contributed by atoms with Crippen molar-refractivity contribution >= 4 is 23.2 Å². The first-order chi connectivity index (χ1) is 11.0. The molecule has 0 aliphatic heterocycles. The Labute approximate surface area is 140 Å². The molecule has 0 heterocycles. The van der Waals surface area contributed by atoms with E-state index in [0.29, 0.717) is 28.0 Å². The van der Waals surface area contributed by atoms with Crippen molar-refractivity contribution in [3.8, 4) is 17.2 Å². The highest BCUT2D eigenvalue weighted by molar-refractivity contribution is 6.30. The van der Waals surface area contributed by atoms with Gasteiger partial charge in [0, 0.05) is 11.1 Å². The smallest absolute Gasteiger partial charge is 0.265 e. The van der Waals surface area contributed by atoms with Gasteiger partial charge in [-0.15, -0.1) is 0 Å². The van der Waals surface area contributed by atoms with E-state index in [1.807, 2.05) is 0 Å². The van der Waals surface area contributed by atoms with E-state index >= 15 is 0 Å². The number of rotatable bonds is 6. The molecule has 2 rings (SSSR count). The van der Waals surface area contributed by atoms with Gasteiger partial charge in [-0.2, -0.15) is 0 Å². The van der Waals surface area contributed by atoms with Crippen LogP contribution in [0.4, 0.5) is 5.69 Å². The van der Waals surface area contributed by atoms with Crippen LogP contribution in [0.3, 0.4) is 0 Å². The van der Waals surface area contributed by atoms with Gasteiger partial charge in [-0.3, -0.25) is 4.79 Å². The molecule has 0 saturated heterocycles. The maximum atomic E-state index is 12.3. The molecule has 0 aromatic heterocycles. The molecule has 23 heavy (non-hydrogen) atoms. The van der Waals surface area contributed by atoms with E-state index in [0.717, 1.165) is 0 Å². The maximum Gasteiger partial charge on any atom is 0.265 e. The zero-order valence-electron chi connectivity index (χ0n) is 13.1. The molecule has 1 amide bonds. The fourth-order valence-corrected chi connectivity index (χ4v) is 2.12. The summed E-state index contributed by atoms with van der Waals surface area (Å²) in [5.41, 5.74) is 0.512. The summed E-state index contributed by atoms with van der Waals surface area (Å²) in [5.74, 6) is 1.37. The van der Waals surface area contributed by atoms with Gasteiger partial charge in [-0.05, 0) is 37.3 Å². The third-order valence-electron chi connectivity index (χ3n) is 3.14. The van der Waals surface area contributed by atoms with Crippen LogP contribution >= 0.6 is 11.6 Å². The predicted octanol–water partition coefficient (Wildman–Crippen LogP) is 3.76. The van der Waals surface area contributed by atoms with Gasteiger partial charge >= 0.3 is 0 Å². The lowest BCUT2D eigenvalue weighted by Gasteiger charge is -2.16. The van der Waals surface area contributed by atoms with Gasteiger partial charge in [0.2, 0.25) is 0 Å². The van der Waals surface area contributed by atoms with E-state index in [2.05, 4.69) is 5.32 Å². The van der Waals surface area contributed by atoms with E-state index in [1.165, 1.54) is 7.11 Å². The molecule has 2 aromatic carbocycles. The minimum Gasteiger partial charge on any atom is -0.497 e. The maximum absolute atomic E-state index is 12.3. The fourth-order valence-electron chi connectivity index (χ4n) is 1.94. The quantitative estimate of drug-likeness (QED) is 0.873. The third kappa shape index (κ3) is 4.53. The Morgan fingerprint density at radius 3 is 2.52 bits per heavy atom. The van der Waals surface area contributed by atoms with Gasteiger partial charge in [0.05, 0.1) is 19.9 Å². The minimum absolute atomic E-state index is 0.309. The van der Waals surface area contributed by atoms with Gasteiger partial charge in [0.25, 0.3) is 5.91 Å². The largest absolute Gasteiger partial charge is 0.497 e. The zero-order chi connectivity index (χ0) is 16.8. The summed E-state index contributed by atoms with van der Waals surface area (Å²) in [7, 11) is 3.08. The first-order valence-corrected chi connectivity index (χ1v) is 7.36. The molecular weight excluding hydrogens is 318 g/mol. The Bertz CT molecular complexity index is 690. The summed E-state index contributed by atoms with van der Waals surface area (Å²) in [6.07, 6.45) is -0.704. The van der Waals surface area contributed by atoms with Crippen molar-refractivity contribution in [1.29, 1.82) is 0 Å². The number of amides is 1. The van der Waals surface area contributed by atoms with Crippen LogP contribution in [-0.4, -0.2) is 26.2 Å². The average Bonchev–Trinajstić information content (AvgIpc) is 2.54. The molecular formula is C17H18ClNO4. The molecule has 0 radical (unpaired) electrons. The lowest BCUT2D eigenvalue weighted by molar-refractivity contribution is -0.122. The van der Waals surface area contributed by atoms with Crippen molar-refractivity contribution in [3.05, 3.63) is 47.5 Å². The van der Waals surface area contributed by atoms with Gasteiger partial charge < -0.3 is 19.5 Å². The van der Waals surface area contributed by atoms with Crippen LogP contribution in [0.5, 0.6) is 17.2 Å². The molecule has 6 heteroatoms. The third-order valence-corrected chi connectivity index (χ3v) is 3.38. The zero-order valence-corrected chi connectivity index (χ0v) is 13.9. The minimum atomic E-state index is -0.704. The molecule has 0 bridgehead atoms. The molecule has 0 aliphatic rings. The van der Waals surface area contributed by atoms with Crippen molar-refractivity contribution in [2.45, 2.75) is 13.0 Å². The first-order valence-electron chi connectivity index (χ1n) is 6.98. The monoisotopic (exact) mass is 335 g/mol. The van der Waals surface area contributed by atoms with E-state index in [4.69, 9.17) is 25.8 Å². The van der Waals surface area contributed by atoms with Crippen LogP contribution in [0, 0.1) is 0 Å². The molecule has 2 aromatic rings. The van der Waals surface area contributed by atoms with Gasteiger partial charge in [-0.1, -0.05) is 17.7 Å². The number of carbonyl (C=O) groups is 1. The van der Waals surface area contributed by atoms with E-state index < -0.39 is 6.10 Å². The highest BCUT2D eigenvalue weighted by Gasteiger charge is 2.17.